The van der Waals surface area contributed by atoms with Crippen LogP contribution in [0.1, 0.15) is 23.6 Å². The van der Waals surface area contributed by atoms with Gasteiger partial charge in [0, 0.05) is 17.4 Å². The Morgan fingerprint density at radius 2 is 2.32 bits per heavy atom. The monoisotopic (exact) mass is 319 g/mol. The van der Waals surface area contributed by atoms with Gasteiger partial charge < -0.3 is 10.4 Å². The lowest BCUT2D eigenvalue weighted by Gasteiger charge is -2.15. The molecule has 2 N–H and O–H groups in total. The first-order chi connectivity index (χ1) is 10.5. The van der Waals surface area contributed by atoms with E-state index in [1.807, 2.05) is 18.2 Å². The van der Waals surface area contributed by atoms with Crippen molar-refractivity contribution in [3.8, 4) is 0 Å². The summed E-state index contributed by atoms with van der Waals surface area (Å²) in [7, 11) is 0. The zero-order chi connectivity index (χ0) is 15.7. The molecule has 7 heteroatoms. The highest BCUT2D eigenvalue weighted by atomic mass is 35.5. The minimum atomic E-state index is -1.07. The van der Waals surface area contributed by atoms with Gasteiger partial charge in [-0.2, -0.15) is 0 Å². The van der Waals surface area contributed by atoms with Gasteiger partial charge in [0.15, 0.2) is 5.82 Å². The van der Waals surface area contributed by atoms with Crippen molar-refractivity contribution in [1.82, 2.24) is 9.55 Å². The average molecular weight is 320 g/mol. The van der Waals surface area contributed by atoms with Crippen molar-refractivity contribution >= 4 is 23.4 Å². The van der Waals surface area contributed by atoms with E-state index in [0.29, 0.717) is 5.02 Å². The predicted molar refractivity (Wildman–Crippen MR) is 82.3 cm³/mol. The molecule has 1 aromatic heterocycles. The van der Waals surface area contributed by atoms with Crippen LogP contribution in [0.4, 0.5) is 5.82 Å². The summed E-state index contributed by atoms with van der Waals surface area (Å²) in [6.45, 7) is -0.382. The number of aryl methyl sites for hydroxylation is 1. The molecule has 0 saturated carbocycles. The normalized spacial score (nSPS) is 16.3. The van der Waals surface area contributed by atoms with Crippen molar-refractivity contribution in [3.05, 3.63) is 57.1 Å². The lowest BCUT2D eigenvalue weighted by atomic mass is 10.1. The summed E-state index contributed by atoms with van der Waals surface area (Å²) in [4.78, 5) is 27.0. The predicted octanol–water partition coefficient (Wildman–Crippen LogP) is 2.08. The molecule has 0 fully saturated rings. The second-order valence-electron chi connectivity index (χ2n) is 5.18. The lowest BCUT2D eigenvalue weighted by molar-refractivity contribution is -0.137. The highest BCUT2D eigenvalue weighted by Gasteiger charge is 2.23. The van der Waals surface area contributed by atoms with Crippen molar-refractivity contribution < 1.29 is 9.90 Å². The average Bonchev–Trinajstić information content (AvgIpc) is 2.85. The van der Waals surface area contributed by atoms with Crippen LogP contribution in [0.25, 0.3) is 0 Å². The number of nitrogens with one attached hydrogen (secondary N) is 1. The Kier molecular flexibility index (Phi) is 3.85. The highest BCUT2D eigenvalue weighted by molar-refractivity contribution is 6.30. The molecule has 3 rings (SSSR count). The Morgan fingerprint density at radius 3 is 3.09 bits per heavy atom. The summed E-state index contributed by atoms with van der Waals surface area (Å²) in [6.07, 6.45) is 4.50. The van der Waals surface area contributed by atoms with E-state index in [4.69, 9.17) is 16.7 Å². The van der Waals surface area contributed by atoms with Gasteiger partial charge in [0.25, 0.3) is 5.56 Å². The number of carbonyl (C=O) groups is 1. The van der Waals surface area contributed by atoms with E-state index in [9.17, 15) is 9.59 Å². The minimum absolute atomic E-state index is 0.0202. The van der Waals surface area contributed by atoms with Gasteiger partial charge >= 0.3 is 5.97 Å². The molecule has 0 amide bonds. The smallest absolute Gasteiger partial charge is 0.323 e. The van der Waals surface area contributed by atoms with Gasteiger partial charge in [-0.1, -0.05) is 17.7 Å². The molecule has 0 spiro atoms. The van der Waals surface area contributed by atoms with Crippen LogP contribution in [-0.2, 0) is 17.8 Å². The molecule has 1 atom stereocenters. The van der Waals surface area contributed by atoms with Crippen LogP contribution in [0.3, 0.4) is 0 Å². The van der Waals surface area contributed by atoms with E-state index in [1.165, 1.54) is 12.4 Å². The maximum Gasteiger partial charge on any atom is 0.323 e. The molecule has 22 heavy (non-hydrogen) atoms. The van der Waals surface area contributed by atoms with E-state index in [-0.39, 0.29) is 18.4 Å². The largest absolute Gasteiger partial charge is 0.480 e. The van der Waals surface area contributed by atoms with E-state index >= 15 is 0 Å². The second kappa shape index (κ2) is 5.81. The molecule has 1 aromatic carbocycles. The first kappa shape index (κ1) is 14.6. The number of rotatable bonds is 4. The van der Waals surface area contributed by atoms with Crippen LogP contribution < -0.4 is 10.9 Å². The fraction of sp³-hybridized carbons (Fsp3) is 0.267. The number of aromatic nitrogens is 2. The molecule has 1 heterocycles. The molecule has 2 aromatic rings. The van der Waals surface area contributed by atoms with Gasteiger partial charge in [0.05, 0.1) is 6.04 Å². The quantitative estimate of drug-likeness (QED) is 0.901. The third-order valence-corrected chi connectivity index (χ3v) is 3.95. The zero-order valence-corrected chi connectivity index (χ0v) is 12.4. The summed E-state index contributed by atoms with van der Waals surface area (Å²) < 4.78 is 1.12. The van der Waals surface area contributed by atoms with Gasteiger partial charge in [-0.05, 0) is 36.1 Å². The Morgan fingerprint density at radius 1 is 1.50 bits per heavy atom. The number of hydrogen-bond acceptors (Lipinski definition) is 4. The molecule has 0 bridgehead atoms. The van der Waals surface area contributed by atoms with Crippen molar-refractivity contribution in [3.63, 3.8) is 0 Å². The number of hydrogen-bond donors (Lipinski definition) is 2. The molecule has 114 valence electrons. The second-order valence-corrected chi connectivity index (χ2v) is 5.62. The highest BCUT2D eigenvalue weighted by Crippen LogP contribution is 2.34. The molecule has 0 saturated heterocycles. The van der Waals surface area contributed by atoms with Crippen molar-refractivity contribution in [2.45, 2.75) is 25.4 Å². The van der Waals surface area contributed by atoms with Crippen LogP contribution in [0.5, 0.6) is 0 Å². The number of fused-ring (bicyclic) bond motifs is 1. The van der Waals surface area contributed by atoms with Gasteiger partial charge in [-0.25, -0.2) is 4.98 Å². The van der Waals surface area contributed by atoms with Crippen LogP contribution in [0, 0.1) is 0 Å². The Bertz CT molecular complexity index is 788. The van der Waals surface area contributed by atoms with Gasteiger partial charge in [0.2, 0.25) is 0 Å². The zero-order valence-electron chi connectivity index (χ0n) is 11.6. The summed E-state index contributed by atoms with van der Waals surface area (Å²) in [5, 5.41) is 12.6. The van der Waals surface area contributed by atoms with E-state index in [1.54, 1.807) is 0 Å². The standard InChI is InChI=1S/C15H14ClN3O3/c16-10-2-3-11-9(7-10)1-4-12(11)18-14-15(22)19(6-5-17-14)8-13(20)21/h2-3,5-7,12H,1,4,8H2,(H,17,18)(H,20,21)/t12-/m0/s1. The molecular weight excluding hydrogens is 306 g/mol. The minimum Gasteiger partial charge on any atom is -0.480 e. The lowest BCUT2D eigenvalue weighted by Crippen LogP contribution is -2.27. The number of carboxylic acids is 1. The Balaban J connectivity index is 1.87. The van der Waals surface area contributed by atoms with Gasteiger partial charge in [-0.3, -0.25) is 14.2 Å². The van der Waals surface area contributed by atoms with Gasteiger partial charge in [-0.15, -0.1) is 0 Å². The van der Waals surface area contributed by atoms with Crippen LogP contribution in [-0.4, -0.2) is 20.6 Å². The summed E-state index contributed by atoms with van der Waals surface area (Å²) in [5.41, 5.74) is 1.82. The maximum absolute atomic E-state index is 12.2. The van der Waals surface area contributed by atoms with Gasteiger partial charge in [0.1, 0.15) is 6.54 Å². The first-order valence-electron chi connectivity index (χ1n) is 6.86. The molecule has 1 aliphatic carbocycles. The summed E-state index contributed by atoms with van der Waals surface area (Å²) >= 11 is 5.98. The number of halogens is 1. The number of nitrogens with zero attached hydrogens (tertiary/aromatic N) is 2. The molecule has 0 unspecified atom stereocenters. The van der Waals surface area contributed by atoms with Crippen molar-refractivity contribution in [1.29, 1.82) is 0 Å². The van der Waals surface area contributed by atoms with E-state index in [0.717, 1.165) is 28.5 Å². The fourth-order valence-electron chi connectivity index (χ4n) is 2.72. The molecular formula is C15H14ClN3O3. The SMILES string of the molecule is O=C(O)Cn1ccnc(N[C@H]2CCc3cc(Cl)ccc32)c1=O. The number of aliphatic carboxylic acids is 1. The van der Waals surface area contributed by atoms with E-state index in [2.05, 4.69) is 10.3 Å². The fourth-order valence-corrected chi connectivity index (χ4v) is 2.91. The molecule has 6 nitrogen and oxygen atoms in total. The Hall–Kier alpha value is -2.34. The third kappa shape index (κ3) is 2.82. The first-order valence-corrected chi connectivity index (χ1v) is 7.24. The number of benzene rings is 1. The summed E-state index contributed by atoms with van der Waals surface area (Å²) in [5.74, 6) is -0.906. The van der Waals surface area contributed by atoms with Crippen LogP contribution in [0.15, 0.2) is 35.4 Å². The summed E-state index contributed by atoms with van der Waals surface area (Å²) in [6, 6.07) is 5.68. The number of anilines is 1. The molecule has 0 aliphatic heterocycles. The molecule has 1 aliphatic rings. The van der Waals surface area contributed by atoms with Crippen LogP contribution >= 0.6 is 11.6 Å². The number of carboxylic acid groups (broad SMARTS) is 1. The van der Waals surface area contributed by atoms with Crippen molar-refractivity contribution in [2.75, 3.05) is 5.32 Å². The van der Waals surface area contributed by atoms with E-state index < -0.39 is 11.5 Å². The Labute approximate surface area is 131 Å². The van der Waals surface area contributed by atoms with Crippen molar-refractivity contribution in [2.24, 2.45) is 0 Å². The van der Waals surface area contributed by atoms with Crippen LogP contribution in [0.2, 0.25) is 5.02 Å². The maximum atomic E-state index is 12.2. The topological polar surface area (TPSA) is 84.2 Å². The third-order valence-electron chi connectivity index (χ3n) is 3.71. The molecule has 0 radical (unpaired) electrons.